The lowest BCUT2D eigenvalue weighted by Crippen LogP contribution is -2.14. The minimum atomic E-state index is -4.51. The maximum atomic E-state index is 11.6. The topological polar surface area (TPSA) is 35.5 Å². The van der Waals surface area contributed by atoms with E-state index in [0.29, 0.717) is 0 Å². The molecule has 0 saturated carbocycles. The van der Waals surface area contributed by atoms with Gasteiger partial charge in [0.2, 0.25) is 6.61 Å². The summed E-state index contributed by atoms with van der Waals surface area (Å²) in [7, 11) is -2.79. The minimum absolute atomic E-state index is 0.195. The summed E-state index contributed by atoms with van der Waals surface area (Å²) in [4.78, 5) is 0. The first-order chi connectivity index (χ1) is 6.97. The molecule has 0 bridgehead atoms. The van der Waals surface area contributed by atoms with Crippen LogP contribution in [0.5, 0.6) is 5.75 Å². The lowest BCUT2D eigenvalue weighted by atomic mass is 10.3. The zero-order valence-corrected chi connectivity index (χ0v) is 8.29. The molecule has 3 nitrogen and oxygen atoms in total. The van der Waals surface area contributed by atoms with E-state index in [1.807, 2.05) is 0 Å². The van der Waals surface area contributed by atoms with E-state index in [9.17, 15) is 17.7 Å². The average molecular weight is 239 g/mol. The molecule has 0 aromatic heterocycles. The Bertz CT molecular complexity index is 326. The molecule has 15 heavy (non-hydrogen) atoms. The van der Waals surface area contributed by atoms with Crippen molar-refractivity contribution in [3.05, 3.63) is 30.3 Å². The van der Waals surface area contributed by atoms with Crippen molar-refractivity contribution in [2.45, 2.75) is 6.18 Å². The Labute approximate surface area is 84.8 Å². The van der Waals surface area contributed by atoms with Crippen molar-refractivity contribution in [2.75, 3.05) is 6.61 Å². The molecule has 1 rings (SSSR count). The van der Waals surface area contributed by atoms with Gasteiger partial charge in [0.1, 0.15) is 0 Å². The summed E-state index contributed by atoms with van der Waals surface area (Å²) >= 11 is 0. The molecule has 0 aliphatic carbocycles. The fourth-order valence-corrected chi connectivity index (χ4v) is 1.32. The molecule has 0 aliphatic heterocycles. The van der Waals surface area contributed by atoms with Crippen molar-refractivity contribution in [3.8, 4) is 5.75 Å². The van der Waals surface area contributed by atoms with Crippen LogP contribution in [0, 0.1) is 0 Å². The molecule has 1 atom stereocenters. The van der Waals surface area contributed by atoms with E-state index >= 15 is 0 Å². The lowest BCUT2D eigenvalue weighted by Gasteiger charge is -1.98. The van der Waals surface area contributed by atoms with Crippen LogP contribution < -0.4 is 4.52 Å². The molecule has 0 spiro atoms. The number of hydrogen-bond donors (Lipinski definition) is 0. The first-order valence-corrected chi connectivity index (χ1v) is 4.97. The zero-order valence-electron chi connectivity index (χ0n) is 7.40. The number of rotatable bonds is 4. The summed E-state index contributed by atoms with van der Waals surface area (Å²) in [5.74, 6) is 0.195. The van der Waals surface area contributed by atoms with Crippen LogP contribution in [0.4, 0.5) is 13.2 Å². The van der Waals surface area contributed by atoms with Gasteiger partial charge in [-0.05, 0) is 12.1 Å². The molecule has 0 N–H and O–H groups in total. The van der Waals surface area contributed by atoms with Crippen molar-refractivity contribution >= 4 is 8.25 Å². The number of benzene rings is 1. The van der Waals surface area contributed by atoms with E-state index in [4.69, 9.17) is 0 Å². The maximum absolute atomic E-state index is 11.6. The Morgan fingerprint density at radius 3 is 2.33 bits per heavy atom. The second kappa shape index (κ2) is 5.09. The molecule has 0 radical (unpaired) electrons. The van der Waals surface area contributed by atoms with Gasteiger partial charge in [-0.25, -0.2) is 4.52 Å². The summed E-state index contributed by atoms with van der Waals surface area (Å²) in [5.41, 5.74) is 0. The Morgan fingerprint density at radius 1 is 1.20 bits per heavy atom. The van der Waals surface area contributed by atoms with Crippen LogP contribution in [0.25, 0.3) is 0 Å². The molecule has 0 amide bonds. The van der Waals surface area contributed by atoms with Gasteiger partial charge < -0.3 is 0 Å². The van der Waals surface area contributed by atoms with E-state index in [-0.39, 0.29) is 5.75 Å². The maximum Gasteiger partial charge on any atom is 0.750 e. The van der Waals surface area contributed by atoms with Crippen molar-refractivity contribution in [1.82, 2.24) is 0 Å². The molecule has 1 unspecified atom stereocenters. The summed E-state index contributed by atoms with van der Waals surface area (Å²) in [6.45, 7) is -1.59. The van der Waals surface area contributed by atoms with E-state index in [0.717, 1.165) is 0 Å². The molecule has 82 valence electrons. The van der Waals surface area contributed by atoms with Crippen LogP contribution in [-0.4, -0.2) is 12.8 Å². The Kier molecular flexibility index (Phi) is 4.05. The average Bonchev–Trinajstić information content (AvgIpc) is 2.15. The van der Waals surface area contributed by atoms with E-state index < -0.39 is 21.0 Å². The van der Waals surface area contributed by atoms with Crippen LogP contribution in [-0.2, 0) is 9.09 Å². The third kappa shape index (κ3) is 5.34. The monoisotopic (exact) mass is 239 g/mol. The molecular weight excluding hydrogens is 232 g/mol. The molecule has 0 saturated heterocycles. The summed E-state index contributed by atoms with van der Waals surface area (Å²) in [5, 5.41) is 0. The molecule has 0 fully saturated rings. The number of alkyl halides is 3. The molecule has 7 heteroatoms. The van der Waals surface area contributed by atoms with Crippen LogP contribution in [0.2, 0.25) is 0 Å². The molecule has 1 aromatic rings. The quantitative estimate of drug-likeness (QED) is 0.756. The summed E-state index contributed by atoms with van der Waals surface area (Å²) in [6.07, 6.45) is -4.51. The molecule has 0 heterocycles. The Morgan fingerprint density at radius 2 is 1.80 bits per heavy atom. The van der Waals surface area contributed by atoms with Crippen LogP contribution >= 0.6 is 8.25 Å². The molecule has 1 aromatic carbocycles. The van der Waals surface area contributed by atoms with Gasteiger partial charge in [-0.2, -0.15) is 13.2 Å². The standard InChI is InChI=1S/C8H7F3O3P/c9-8(10,11)6-13-15(12)14-7-4-2-1-3-5-7/h1-5H,6H2/q+1. The van der Waals surface area contributed by atoms with Crippen LogP contribution in [0.15, 0.2) is 30.3 Å². The van der Waals surface area contributed by atoms with Gasteiger partial charge in [0.05, 0.1) is 0 Å². The molecular formula is C8H7F3O3P+. The van der Waals surface area contributed by atoms with Crippen molar-refractivity contribution in [1.29, 1.82) is 0 Å². The van der Waals surface area contributed by atoms with Gasteiger partial charge in [-0.1, -0.05) is 18.2 Å². The molecule has 0 aliphatic rings. The van der Waals surface area contributed by atoms with Gasteiger partial charge >= 0.3 is 14.4 Å². The first kappa shape index (κ1) is 11.9. The largest absolute Gasteiger partial charge is 0.750 e. The van der Waals surface area contributed by atoms with E-state index in [1.54, 1.807) is 18.2 Å². The third-order valence-corrected chi connectivity index (χ3v) is 1.96. The highest BCUT2D eigenvalue weighted by Crippen LogP contribution is 2.30. The predicted molar refractivity (Wildman–Crippen MR) is 46.7 cm³/mol. The van der Waals surface area contributed by atoms with Gasteiger partial charge in [0, 0.05) is 4.57 Å². The number of hydrogen-bond acceptors (Lipinski definition) is 3. The van der Waals surface area contributed by atoms with E-state index in [1.165, 1.54) is 12.1 Å². The minimum Gasteiger partial charge on any atom is -0.229 e. The van der Waals surface area contributed by atoms with E-state index in [2.05, 4.69) is 9.05 Å². The normalized spacial score (nSPS) is 12.3. The number of para-hydroxylation sites is 1. The number of halogens is 3. The highest BCUT2D eigenvalue weighted by atomic mass is 31.1. The lowest BCUT2D eigenvalue weighted by molar-refractivity contribution is -0.153. The fourth-order valence-electron chi connectivity index (χ4n) is 0.720. The second-order valence-corrected chi connectivity index (χ2v) is 3.40. The third-order valence-electron chi connectivity index (χ3n) is 1.26. The predicted octanol–water partition coefficient (Wildman–Crippen LogP) is 3.30. The van der Waals surface area contributed by atoms with Gasteiger partial charge in [-0.3, -0.25) is 0 Å². The van der Waals surface area contributed by atoms with Crippen molar-refractivity contribution in [2.24, 2.45) is 0 Å². The van der Waals surface area contributed by atoms with Gasteiger partial charge in [0.25, 0.3) is 0 Å². The van der Waals surface area contributed by atoms with Gasteiger partial charge in [0.15, 0.2) is 5.75 Å². The summed E-state index contributed by atoms with van der Waals surface area (Å²) in [6, 6.07) is 7.81. The van der Waals surface area contributed by atoms with Crippen molar-refractivity contribution in [3.63, 3.8) is 0 Å². The van der Waals surface area contributed by atoms with Crippen LogP contribution in [0.1, 0.15) is 0 Å². The van der Waals surface area contributed by atoms with Crippen molar-refractivity contribution < 1.29 is 26.8 Å². The Hall–Kier alpha value is -1.13. The SMILES string of the molecule is O=[P+](OCC(F)(F)F)Oc1ccccc1. The van der Waals surface area contributed by atoms with Crippen LogP contribution in [0.3, 0.4) is 0 Å². The van der Waals surface area contributed by atoms with Gasteiger partial charge in [-0.15, -0.1) is 4.52 Å². The first-order valence-electron chi connectivity index (χ1n) is 3.87. The Balaban J connectivity index is 2.38. The highest BCUT2D eigenvalue weighted by molar-refractivity contribution is 7.33. The fraction of sp³-hybridized carbons (Fsp3) is 0.250. The zero-order chi connectivity index (χ0) is 11.3. The highest BCUT2D eigenvalue weighted by Gasteiger charge is 2.35. The smallest absolute Gasteiger partial charge is 0.229 e. The second-order valence-electron chi connectivity index (χ2n) is 2.52. The summed E-state index contributed by atoms with van der Waals surface area (Å²) < 4.78 is 54.4.